The van der Waals surface area contributed by atoms with Crippen LogP contribution < -0.4 is 0 Å². The van der Waals surface area contributed by atoms with Crippen LogP contribution in [0.1, 0.15) is 20.3 Å². The van der Waals surface area contributed by atoms with Crippen molar-refractivity contribution in [2.45, 2.75) is 26.3 Å². The molecule has 64 valence electrons. The van der Waals surface area contributed by atoms with E-state index in [2.05, 4.69) is 30.0 Å². The molecule has 1 unspecified atom stereocenters. The zero-order valence-electron chi connectivity index (χ0n) is 7.75. The molecule has 1 fully saturated rings. The standard InChI is InChI=1S/C9H18N2/c1-8(2)11-5-4-9(7-11)6-10-3/h6,8-9H,4-5,7H2,1-3H3/b10-6+. The quantitative estimate of drug-likeness (QED) is 0.549. The third-order valence-corrected chi connectivity index (χ3v) is 2.35. The summed E-state index contributed by atoms with van der Waals surface area (Å²) in [5, 5.41) is 0. The molecule has 1 aliphatic rings. The highest BCUT2D eigenvalue weighted by Crippen LogP contribution is 2.16. The monoisotopic (exact) mass is 154 g/mol. The summed E-state index contributed by atoms with van der Waals surface area (Å²) in [5.74, 6) is 0.711. The Bertz CT molecular complexity index is 140. The van der Waals surface area contributed by atoms with Crippen LogP contribution in [0.4, 0.5) is 0 Å². The van der Waals surface area contributed by atoms with E-state index >= 15 is 0 Å². The molecule has 0 amide bonds. The van der Waals surface area contributed by atoms with Gasteiger partial charge in [0.25, 0.3) is 0 Å². The lowest BCUT2D eigenvalue weighted by Crippen LogP contribution is -2.28. The Labute approximate surface area is 69.3 Å². The molecule has 11 heavy (non-hydrogen) atoms. The van der Waals surface area contributed by atoms with Gasteiger partial charge in [-0.05, 0) is 26.8 Å². The van der Waals surface area contributed by atoms with E-state index in [0.29, 0.717) is 12.0 Å². The van der Waals surface area contributed by atoms with E-state index in [4.69, 9.17) is 0 Å². The van der Waals surface area contributed by atoms with Gasteiger partial charge in [0.15, 0.2) is 0 Å². The summed E-state index contributed by atoms with van der Waals surface area (Å²) in [7, 11) is 1.86. The highest BCUT2D eigenvalue weighted by atomic mass is 15.2. The fourth-order valence-electron chi connectivity index (χ4n) is 1.62. The molecule has 0 aromatic carbocycles. The molecular weight excluding hydrogens is 136 g/mol. The fraction of sp³-hybridized carbons (Fsp3) is 0.889. The first-order chi connectivity index (χ1) is 5.24. The molecule has 0 bridgehead atoms. The van der Waals surface area contributed by atoms with Crippen LogP contribution in [0.2, 0.25) is 0 Å². The van der Waals surface area contributed by atoms with Gasteiger partial charge in [0, 0.05) is 31.8 Å². The Balaban J connectivity index is 2.34. The first kappa shape index (κ1) is 8.72. The summed E-state index contributed by atoms with van der Waals surface area (Å²) in [6, 6.07) is 0.699. The molecule has 0 spiro atoms. The van der Waals surface area contributed by atoms with Crippen molar-refractivity contribution in [2.24, 2.45) is 10.9 Å². The number of likely N-dealkylation sites (tertiary alicyclic amines) is 1. The van der Waals surface area contributed by atoms with Crippen LogP contribution in [0.3, 0.4) is 0 Å². The molecule has 1 atom stereocenters. The van der Waals surface area contributed by atoms with Gasteiger partial charge in [0.05, 0.1) is 0 Å². The number of nitrogens with zero attached hydrogens (tertiary/aromatic N) is 2. The van der Waals surface area contributed by atoms with Crippen LogP contribution >= 0.6 is 0 Å². The van der Waals surface area contributed by atoms with Crippen LogP contribution in [0.15, 0.2) is 4.99 Å². The van der Waals surface area contributed by atoms with Crippen molar-refractivity contribution in [2.75, 3.05) is 20.1 Å². The van der Waals surface area contributed by atoms with E-state index in [1.165, 1.54) is 19.5 Å². The van der Waals surface area contributed by atoms with Crippen LogP contribution in [-0.4, -0.2) is 37.3 Å². The second-order valence-electron chi connectivity index (χ2n) is 3.54. The molecule has 1 saturated heterocycles. The van der Waals surface area contributed by atoms with Crippen LogP contribution in [0.5, 0.6) is 0 Å². The Morgan fingerprint density at radius 1 is 1.55 bits per heavy atom. The van der Waals surface area contributed by atoms with E-state index in [1.54, 1.807) is 0 Å². The minimum atomic E-state index is 0.699. The van der Waals surface area contributed by atoms with E-state index < -0.39 is 0 Å². The molecule has 1 aliphatic heterocycles. The molecule has 0 aromatic rings. The van der Waals surface area contributed by atoms with Gasteiger partial charge in [-0.25, -0.2) is 0 Å². The molecule has 0 saturated carbocycles. The second-order valence-corrected chi connectivity index (χ2v) is 3.54. The van der Waals surface area contributed by atoms with E-state index in [0.717, 1.165) is 0 Å². The van der Waals surface area contributed by atoms with E-state index in [-0.39, 0.29) is 0 Å². The van der Waals surface area contributed by atoms with Gasteiger partial charge < -0.3 is 9.89 Å². The number of rotatable bonds is 2. The zero-order valence-corrected chi connectivity index (χ0v) is 7.75. The fourth-order valence-corrected chi connectivity index (χ4v) is 1.62. The van der Waals surface area contributed by atoms with Crippen LogP contribution in [0.25, 0.3) is 0 Å². The first-order valence-electron chi connectivity index (χ1n) is 4.40. The van der Waals surface area contributed by atoms with Crippen LogP contribution in [0, 0.1) is 5.92 Å². The predicted octanol–water partition coefficient (Wildman–Crippen LogP) is 1.42. The van der Waals surface area contributed by atoms with E-state index in [1.807, 2.05) is 7.05 Å². The molecular formula is C9H18N2. The number of hydrogen-bond acceptors (Lipinski definition) is 2. The molecule has 0 aliphatic carbocycles. The average Bonchev–Trinajstić information content (AvgIpc) is 2.37. The summed E-state index contributed by atoms with van der Waals surface area (Å²) in [4.78, 5) is 6.57. The van der Waals surface area contributed by atoms with Gasteiger partial charge in [0.1, 0.15) is 0 Å². The second kappa shape index (κ2) is 3.86. The minimum Gasteiger partial charge on any atom is -0.301 e. The Morgan fingerprint density at radius 3 is 2.73 bits per heavy atom. The number of hydrogen-bond donors (Lipinski definition) is 0. The summed E-state index contributed by atoms with van der Waals surface area (Å²) >= 11 is 0. The zero-order chi connectivity index (χ0) is 8.27. The van der Waals surface area contributed by atoms with Gasteiger partial charge in [0.2, 0.25) is 0 Å². The third-order valence-electron chi connectivity index (χ3n) is 2.35. The molecule has 1 rings (SSSR count). The maximum absolute atomic E-state index is 4.06. The molecule has 2 heteroatoms. The van der Waals surface area contributed by atoms with E-state index in [9.17, 15) is 0 Å². The summed E-state index contributed by atoms with van der Waals surface area (Å²) < 4.78 is 0. The maximum Gasteiger partial charge on any atom is 0.0273 e. The molecule has 1 heterocycles. The highest BCUT2D eigenvalue weighted by molar-refractivity contribution is 5.61. The van der Waals surface area contributed by atoms with Gasteiger partial charge in [-0.2, -0.15) is 0 Å². The van der Waals surface area contributed by atoms with Crippen molar-refractivity contribution in [1.82, 2.24) is 4.90 Å². The van der Waals surface area contributed by atoms with Gasteiger partial charge in [-0.3, -0.25) is 0 Å². The van der Waals surface area contributed by atoms with Gasteiger partial charge >= 0.3 is 0 Å². The Hall–Kier alpha value is -0.370. The molecule has 0 N–H and O–H groups in total. The largest absolute Gasteiger partial charge is 0.301 e. The van der Waals surface area contributed by atoms with Gasteiger partial charge in [-0.1, -0.05) is 0 Å². The van der Waals surface area contributed by atoms with Crippen molar-refractivity contribution < 1.29 is 0 Å². The lowest BCUT2D eigenvalue weighted by Gasteiger charge is -2.19. The Morgan fingerprint density at radius 2 is 2.27 bits per heavy atom. The molecule has 0 aromatic heterocycles. The lowest BCUT2D eigenvalue weighted by atomic mass is 10.1. The first-order valence-corrected chi connectivity index (χ1v) is 4.40. The summed E-state index contributed by atoms with van der Waals surface area (Å²) in [6.45, 7) is 6.96. The minimum absolute atomic E-state index is 0.699. The van der Waals surface area contributed by atoms with Crippen molar-refractivity contribution >= 4 is 6.21 Å². The SMILES string of the molecule is C/N=C/C1CCN(C(C)C)C1. The highest BCUT2D eigenvalue weighted by Gasteiger charge is 2.22. The third kappa shape index (κ3) is 2.29. The molecule has 0 radical (unpaired) electrons. The van der Waals surface area contributed by atoms with Crippen molar-refractivity contribution in [1.29, 1.82) is 0 Å². The van der Waals surface area contributed by atoms with Crippen LogP contribution in [-0.2, 0) is 0 Å². The average molecular weight is 154 g/mol. The number of aliphatic imine (C=N–C) groups is 1. The summed E-state index contributed by atoms with van der Waals surface area (Å²) in [5.41, 5.74) is 0. The Kier molecular flexibility index (Phi) is 3.06. The maximum atomic E-state index is 4.06. The summed E-state index contributed by atoms with van der Waals surface area (Å²) in [6.07, 6.45) is 3.37. The topological polar surface area (TPSA) is 15.6 Å². The van der Waals surface area contributed by atoms with Crippen molar-refractivity contribution in [3.8, 4) is 0 Å². The lowest BCUT2D eigenvalue weighted by molar-refractivity contribution is 0.272. The normalized spacial score (nSPS) is 27.5. The van der Waals surface area contributed by atoms with Gasteiger partial charge in [-0.15, -0.1) is 0 Å². The molecule has 2 nitrogen and oxygen atoms in total. The predicted molar refractivity (Wildman–Crippen MR) is 49.2 cm³/mol. The smallest absolute Gasteiger partial charge is 0.0273 e. The van der Waals surface area contributed by atoms with Crippen molar-refractivity contribution in [3.63, 3.8) is 0 Å². The van der Waals surface area contributed by atoms with Crippen molar-refractivity contribution in [3.05, 3.63) is 0 Å².